The third-order valence-electron chi connectivity index (χ3n) is 8.08. The number of fused-ring (bicyclic) bond motifs is 5. The molecule has 1 aromatic carbocycles. The van der Waals surface area contributed by atoms with Gasteiger partial charge in [0.2, 0.25) is 0 Å². The highest BCUT2D eigenvalue weighted by molar-refractivity contribution is 5.64. The van der Waals surface area contributed by atoms with E-state index in [-0.39, 0.29) is 35.7 Å². The minimum absolute atomic E-state index is 0.100. The highest BCUT2D eigenvalue weighted by Crippen LogP contribution is 2.69. The molecule has 11 heteroatoms. The molecular formula is C26H25F2N7O2. The summed E-state index contributed by atoms with van der Waals surface area (Å²) in [7, 11) is 0. The standard InChI is InChI=1S/C26H25F2N7O2/c1-25(2)16-6-7-26(25,24-15(16)8-19(31-33-24)23-17(27)4-3-5-18(23)28)22-10-29-9-20(30-22)21-12-35(34-32-21)11-14(37)13-36/h3-5,8-10,12,14,16,36-37H,6-7,11,13H2,1-2H3/t14-,16-,26-/m0/s1. The Bertz CT molecular complexity index is 1490. The van der Waals surface area contributed by atoms with E-state index in [0.29, 0.717) is 11.4 Å². The van der Waals surface area contributed by atoms with Crippen LogP contribution in [0.5, 0.6) is 0 Å². The maximum atomic E-state index is 14.5. The Kier molecular flexibility index (Phi) is 5.39. The van der Waals surface area contributed by atoms with Gasteiger partial charge in [-0.05, 0) is 47.9 Å². The Morgan fingerprint density at radius 2 is 1.86 bits per heavy atom. The maximum absolute atomic E-state index is 14.5. The second-order valence-electron chi connectivity index (χ2n) is 10.3. The van der Waals surface area contributed by atoms with E-state index in [1.807, 2.05) is 0 Å². The molecule has 0 radical (unpaired) electrons. The van der Waals surface area contributed by atoms with Crippen LogP contribution in [0.15, 0.2) is 42.9 Å². The van der Waals surface area contributed by atoms with Crippen LogP contribution >= 0.6 is 0 Å². The van der Waals surface area contributed by atoms with Gasteiger partial charge >= 0.3 is 0 Å². The van der Waals surface area contributed by atoms with Gasteiger partial charge < -0.3 is 10.2 Å². The first kappa shape index (κ1) is 23.7. The molecule has 4 aromatic rings. The number of aromatic nitrogens is 7. The van der Waals surface area contributed by atoms with Crippen LogP contribution in [0.1, 0.15) is 49.6 Å². The van der Waals surface area contributed by atoms with Crippen molar-refractivity contribution in [2.24, 2.45) is 5.41 Å². The smallest absolute Gasteiger partial charge is 0.135 e. The summed E-state index contributed by atoms with van der Waals surface area (Å²) < 4.78 is 30.4. The first-order valence-corrected chi connectivity index (χ1v) is 12.1. The normalized spacial score (nSPS) is 22.3. The van der Waals surface area contributed by atoms with E-state index in [9.17, 15) is 13.9 Å². The Hall–Kier alpha value is -3.70. The summed E-state index contributed by atoms with van der Waals surface area (Å²) in [5.41, 5.74) is 2.53. The van der Waals surface area contributed by atoms with E-state index < -0.39 is 23.2 Å². The van der Waals surface area contributed by atoms with Gasteiger partial charge in [-0.1, -0.05) is 25.1 Å². The minimum Gasteiger partial charge on any atom is -0.394 e. The van der Waals surface area contributed by atoms with Crippen LogP contribution in [-0.4, -0.2) is 58.1 Å². The fourth-order valence-corrected chi connectivity index (χ4v) is 6.23. The summed E-state index contributed by atoms with van der Waals surface area (Å²) in [6.07, 6.45) is 5.68. The van der Waals surface area contributed by atoms with Gasteiger partial charge in [0.1, 0.15) is 23.0 Å². The molecule has 0 spiro atoms. The van der Waals surface area contributed by atoms with Gasteiger partial charge in [0.05, 0.1) is 59.7 Å². The molecule has 2 aliphatic rings. The fraction of sp³-hybridized carbons (Fsp3) is 0.385. The Morgan fingerprint density at radius 3 is 2.62 bits per heavy atom. The average Bonchev–Trinajstić information content (AvgIpc) is 3.51. The van der Waals surface area contributed by atoms with Crippen LogP contribution in [0.25, 0.3) is 22.6 Å². The summed E-state index contributed by atoms with van der Waals surface area (Å²) in [5.74, 6) is -1.24. The molecule has 3 atom stereocenters. The molecule has 9 nitrogen and oxygen atoms in total. The summed E-state index contributed by atoms with van der Waals surface area (Å²) >= 11 is 0. The number of rotatable bonds is 6. The maximum Gasteiger partial charge on any atom is 0.135 e. The zero-order chi connectivity index (χ0) is 25.9. The van der Waals surface area contributed by atoms with E-state index in [2.05, 4.69) is 39.3 Å². The summed E-state index contributed by atoms with van der Waals surface area (Å²) in [5, 5.41) is 35.8. The second kappa shape index (κ2) is 8.42. The van der Waals surface area contributed by atoms with Gasteiger partial charge in [0.15, 0.2) is 0 Å². The predicted octanol–water partition coefficient (Wildman–Crippen LogP) is 3.03. The first-order chi connectivity index (χ1) is 17.8. The van der Waals surface area contributed by atoms with Crippen LogP contribution in [0.4, 0.5) is 8.78 Å². The molecule has 1 saturated carbocycles. The molecule has 2 N–H and O–H groups in total. The van der Waals surface area contributed by atoms with Gasteiger partial charge in [-0.3, -0.25) is 4.98 Å². The summed E-state index contributed by atoms with van der Waals surface area (Å²) in [4.78, 5) is 9.39. The van der Waals surface area contributed by atoms with Gasteiger partial charge in [-0.25, -0.2) is 18.4 Å². The lowest BCUT2D eigenvalue weighted by Crippen LogP contribution is -2.38. The number of aliphatic hydroxyl groups excluding tert-OH is 2. The molecule has 0 amide bonds. The molecule has 3 aromatic heterocycles. The summed E-state index contributed by atoms with van der Waals surface area (Å²) in [6.45, 7) is 4.05. The fourth-order valence-electron chi connectivity index (χ4n) is 6.23. The molecule has 0 saturated heterocycles. The number of benzene rings is 1. The van der Waals surface area contributed by atoms with Crippen molar-refractivity contribution in [3.05, 3.63) is 71.4 Å². The van der Waals surface area contributed by atoms with Crippen molar-refractivity contribution in [3.63, 3.8) is 0 Å². The van der Waals surface area contributed by atoms with Crippen molar-refractivity contribution in [2.45, 2.75) is 50.7 Å². The zero-order valence-electron chi connectivity index (χ0n) is 20.3. The van der Waals surface area contributed by atoms with E-state index in [4.69, 9.17) is 10.1 Å². The molecule has 0 aliphatic heterocycles. The molecule has 2 aliphatic carbocycles. The van der Waals surface area contributed by atoms with Crippen LogP contribution in [-0.2, 0) is 12.0 Å². The third kappa shape index (κ3) is 3.41. The highest BCUT2D eigenvalue weighted by Gasteiger charge is 2.65. The van der Waals surface area contributed by atoms with E-state index in [0.717, 1.165) is 29.8 Å². The largest absolute Gasteiger partial charge is 0.394 e. The van der Waals surface area contributed by atoms with E-state index in [1.54, 1.807) is 24.7 Å². The molecular weight excluding hydrogens is 480 g/mol. The molecule has 190 valence electrons. The number of nitrogens with zero attached hydrogens (tertiary/aromatic N) is 7. The van der Waals surface area contributed by atoms with Crippen molar-refractivity contribution in [1.82, 2.24) is 35.2 Å². The van der Waals surface area contributed by atoms with Crippen LogP contribution in [0.3, 0.4) is 0 Å². The van der Waals surface area contributed by atoms with E-state index in [1.165, 1.54) is 22.9 Å². The third-order valence-corrected chi connectivity index (χ3v) is 8.08. The van der Waals surface area contributed by atoms with E-state index >= 15 is 0 Å². The van der Waals surface area contributed by atoms with Crippen LogP contribution in [0, 0.1) is 17.0 Å². The SMILES string of the molecule is CC1(C)[C@H]2CC[C@]1(c1cncc(-c3cn(C[C@H](O)CO)nn3)n1)c1nnc(-c3c(F)cccc3F)cc12. The molecule has 0 unspecified atom stereocenters. The molecule has 2 bridgehead atoms. The van der Waals surface area contributed by atoms with Gasteiger partial charge in [-0.15, -0.1) is 10.2 Å². The lowest BCUT2D eigenvalue weighted by Gasteiger charge is -2.37. The van der Waals surface area contributed by atoms with Crippen molar-refractivity contribution in [2.75, 3.05) is 6.61 Å². The predicted molar refractivity (Wildman–Crippen MR) is 128 cm³/mol. The van der Waals surface area contributed by atoms with Crippen molar-refractivity contribution < 1.29 is 19.0 Å². The van der Waals surface area contributed by atoms with Crippen molar-refractivity contribution >= 4 is 0 Å². The average molecular weight is 506 g/mol. The number of halogens is 2. The molecule has 3 heterocycles. The lowest BCUT2D eigenvalue weighted by molar-refractivity contribution is 0.0778. The molecule has 37 heavy (non-hydrogen) atoms. The topological polar surface area (TPSA) is 123 Å². The Balaban J connectivity index is 1.43. The van der Waals surface area contributed by atoms with Gasteiger partial charge in [-0.2, -0.15) is 5.10 Å². The summed E-state index contributed by atoms with van der Waals surface area (Å²) in [6, 6.07) is 5.53. The Morgan fingerprint density at radius 1 is 1.08 bits per heavy atom. The zero-order valence-corrected chi connectivity index (χ0v) is 20.3. The van der Waals surface area contributed by atoms with Gasteiger partial charge in [0, 0.05) is 6.20 Å². The highest BCUT2D eigenvalue weighted by atomic mass is 19.1. The van der Waals surface area contributed by atoms with Gasteiger partial charge in [0.25, 0.3) is 0 Å². The number of hydrogen-bond donors (Lipinski definition) is 2. The monoisotopic (exact) mass is 505 g/mol. The van der Waals surface area contributed by atoms with Crippen LogP contribution in [0.2, 0.25) is 0 Å². The van der Waals surface area contributed by atoms with Crippen molar-refractivity contribution in [3.8, 4) is 22.6 Å². The Labute approximate surface area is 211 Å². The minimum atomic E-state index is -0.946. The van der Waals surface area contributed by atoms with Crippen molar-refractivity contribution in [1.29, 1.82) is 0 Å². The number of hydrogen-bond acceptors (Lipinski definition) is 8. The molecule has 1 fully saturated rings. The first-order valence-electron chi connectivity index (χ1n) is 12.1. The number of aliphatic hydroxyl groups is 2. The molecule has 6 rings (SSSR count). The lowest BCUT2D eigenvalue weighted by atomic mass is 9.66. The van der Waals surface area contributed by atoms with Crippen LogP contribution < -0.4 is 0 Å². The quantitative estimate of drug-likeness (QED) is 0.410. The second-order valence-corrected chi connectivity index (χ2v) is 10.3.